The highest BCUT2D eigenvalue weighted by atomic mass is 32.1. The van der Waals surface area contributed by atoms with Gasteiger partial charge in [-0.05, 0) is 37.6 Å². The number of amides is 1. The number of pyridine rings is 1. The molecule has 0 saturated carbocycles. The Morgan fingerprint density at radius 1 is 1.18 bits per heavy atom. The molecule has 0 fully saturated rings. The normalized spacial score (nSPS) is 17.2. The number of nitrogens with zero attached hydrogens (tertiary/aromatic N) is 4. The van der Waals surface area contributed by atoms with Crippen LogP contribution in [0.2, 0.25) is 0 Å². The summed E-state index contributed by atoms with van der Waals surface area (Å²) in [5, 5.41) is 4.44. The first-order valence-electron chi connectivity index (χ1n) is 10.7. The zero-order valence-electron chi connectivity index (χ0n) is 18.2. The molecule has 0 saturated heterocycles. The summed E-state index contributed by atoms with van der Waals surface area (Å²) in [6.45, 7) is 5.96. The van der Waals surface area contributed by atoms with E-state index in [9.17, 15) is 4.79 Å². The van der Waals surface area contributed by atoms with Gasteiger partial charge in [0.1, 0.15) is 27.6 Å². The van der Waals surface area contributed by atoms with E-state index in [1.165, 1.54) is 22.7 Å². The molecule has 5 heterocycles. The Morgan fingerprint density at radius 3 is 2.94 bits per heavy atom. The molecule has 0 radical (unpaired) electrons. The molecule has 33 heavy (non-hydrogen) atoms. The first-order chi connectivity index (χ1) is 15.8. The lowest BCUT2D eigenvalue weighted by atomic mass is 9.94. The van der Waals surface area contributed by atoms with Gasteiger partial charge in [-0.3, -0.25) is 4.79 Å². The number of rotatable bonds is 2. The smallest absolute Gasteiger partial charge is 0.263 e. The molecule has 10 heteroatoms. The molecule has 0 unspecified atom stereocenters. The van der Waals surface area contributed by atoms with Crippen LogP contribution < -0.4 is 20.7 Å². The number of carbonyl (C=O) groups excluding carboxylic acids is 1. The highest BCUT2D eigenvalue weighted by molar-refractivity contribution is 7.21. The van der Waals surface area contributed by atoms with Crippen molar-refractivity contribution in [1.82, 2.24) is 20.3 Å². The Morgan fingerprint density at radius 2 is 2.06 bits per heavy atom. The second-order valence-electron chi connectivity index (χ2n) is 8.98. The van der Waals surface area contributed by atoms with Crippen molar-refractivity contribution >= 4 is 49.2 Å². The summed E-state index contributed by atoms with van der Waals surface area (Å²) in [6.07, 6.45) is 2.58. The van der Waals surface area contributed by atoms with Crippen LogP contribution in [0.1, 0.15) is 34.8 Å². The van der Waals surface area contributed by atoms with E-state index in [1.807, 2.05) is 38.2 Å². The molecule has 3 aromatic heterocycles. The second kappa shape index (κ2) is 7.39. The number of nitrogens with two attached hydrogens (primary N) is 1. The summed E-state index contributed by atoms with van der Waals surface area (Å²) in [4.78, 5) is 30.0. The third-order valence-electron chi connectivity index (χ3n) is 5.86. The second-order valence-corrected chi connectivity index (χ2v) is 11.0. The molecule has 168 valence electrons. The van der Waals surface area contributed by atoms with Gasteiger partial charge < -0.3 is 20.7 Å². The third kappa shape index (κ3) is 3.68. The van der Waals surface area contributed by atoms with Gasteiger partial charge in [0.05, 0.1) is 12.2 Å². The van der Waals surface area contributed by atoms with Gasteiger partial charge in [0.2, 0.25) is 0 Å². The number of carbonyl (C=O) groups is 1. The summed E-state index contributed by atoms with van der Waals surface area (Å²) in [5.41, 5.74) is 10.3. The van der Waals surface area contributed by atoms with E-state index >= 15 is 0 Å². The van der Waals surface area contributed by atoms with Gasteiger partial charge >= 0.3 is 0 Å². The lowest BCUT2D eigenvalue weighted by Gasteiger charge is -2.29. The van der Waals surface area contributed by atoms with Crippen molar-refractivity contribution in [3.63, 3.8) is 0 Å². The minimum absolute atomic E-state index is 0.0377. The molecule has 0 aliphatic carbocycles. The summed E-state index contributed by atoms with van der Waals surface area (Å²) in [6, 6.07) is 8.20. The van der Waals surface area contributed by atoms with Crippen LogP contribution in [0, 0.1) is 0 Å². The van der Waals surface area contributed by atoms with E-state index in [-0.39, 0.29) is 11.4 Å². The van der Waals surface area contributed by atoms with Crippen LogP contribution in [0.4, 0.5) is 10.3 Å². The predicted octanol–water partition coefficient (Wildman–Crippen LogP) is 3.86. The molecule has 0 spiro atoms. The molecular formula is C23H22N6O2S2. The number of nitrogens with one attached hydrogen (secondary N) is 1. The lowest BCUT2D eigenvalue weighted by molar-refractivity contribution is 0.0901. The van der Waals surface area contributed by atoms with Crippen molar-refractivity contribution in [2.24, 2.45) is 0 Å². The number of aromatic nitrogens is 3. The summed E-state index contributed by atoms with van der Waals surface area (Å²) in [7, 11) is 0. The van der Waals surface area contributed by atoms with Gasteiger partial charge in [-0.15, -0.1) is 0 Å². The fraction of sp³-hybridized carbons (Fsp3) is 0.304. The maximum atomic E-state index is 12.6. The Hall–Kier alpha value is -3.24. The standard InChI is InChI=1S/C23H22N6O2S2/c1-23(2)9-16-18(19(30)28-23)32-22(27-16)29-5-6-31-17-4-3-12(7-14(17)11-29)13-8-15-20(25-10-13)33-21(24)26-15/h3-4,7-8,10H,5-6,9,11H2,1-2H3,(H2,24,26)(H,28,30). The van der Waals surface area contributed by atoms with Crippen molar-refractivity contribution in [3.05, 3.63) is 46.6 Å². The molecule has 1 aromatic carbocycles. The first kappa shape index (κ1) is 20.4. The highest BCUT2D eigenvalue weighted by Crippen LogP contribution is 2.36. The van der Waals surface area contributed by atoms with Gasteiger partial charge in [0.25, 0.3) is 5.91 Å². The molecule has 1 amide bonds. The van der Waals surface area contributed by atoms with Gasteiger partial charge in [0, 0.05) is 35.8 Å². The SMILES string of the molecule is CC1(C)Cc2nc(N3CCOc4ccc(-c5cnc6sc(N)nc6c5)cc4C3)sc2C(=O)N1. The largest absolute Gasteiger partial charge is 0.491 e. The van der Waals surface area contributed by atoms with Crippen LogP contribution in [-0.4, -0.2) is 39.5 Å². The lowest BCUT2D eigenvalue weighted by Crippen LogP contribution is -2.48. The van der Waals surface area contributed by atoms with Gasteiger partial charge in [-0.1, -0.05) is 28.7 Å². The molecule has 8 nitrogen and oxygen atoms in total. The molecule has 0 atom stereocenters. The van der Waals surface area contributed by atoms with Crippen molar-refractivity contribution < 1.29 is 9.53 Å². The van der Waals surface area contributed by atoms with Crippen LogP contribution in [0.5, 0.6) is 5.75 Å². The van der Waals surface area contributed by atoms with Crippen molar-refractivity contribution in [3.8, 4) is 16.9 Å². The van der Waals surface area contributed by atoms with Crippen LogP contribution in [0.25, 0.3) is 21.5 Å². The van der Waals surface area contributed by atoms with Crippen LogP contribution in [0.15, 0.2) is 30.5 Å². The Bertz CT molecular complexity index is 1410. The molecule has 6 rings (SSSR count). The monoisotopic (exact) mass is 478 g/mol. The quantitative estimate of drug-likeness (QED) is 0.451. The number of hydrogen-bond acceptors (Lipinski definition) is 9. The van der Waals surface area contributed by atoms with Gasteiger partial charge in [-0.2, -0.15) is 0 Å². The summed E-state index contributed by atoms with van der Waals surface area (Å²) in [5.74, 6) is 0.831. The Labute approximate surface area is 198 Å². The molecule has 2 aliphatic rings. The number of benzene rings is 1. The summed E-state index contributed by atoms with van der Waals surface area (Å²) >= 11 is 2.84. The van der Waals surface area contributed by atoms with E-state index in [0.29, 0.717) is 29.7 Å². The van der Waals surface area contributed by atoms with E-state index < -0.39 is 0 Å². The number of fused-ring (bicyclic) bond motifs is 3. The fourth-order valence-electron chi connectivity index (χ4n) is 4.33. The van der Waals surface area contributed by atoms with Crippen LogP contribution in [-0.2, 0) is 13.0 Å². The predicted molar refractivity (Wildman–Crippen MR) is 131 cm³/mol. The molecule has 0 bridgehead atoms. The average molecular weight is 479 g/mol. The third-order valence-corrected chi connectivity index (χ3v) is 7.83. The Balaban J connectivity index is 1.33. The minimum atomic E-state index is -0.282. The molecule has 2 aliphatic heterocycles. The van der Waals surface area contributed by atoms with Crippen LogP contribution in [0.3, 0.4) is 0 Å². The van der Waals surface area contributed by atoms with Gasteiger partial charge in [0.15, 0.2) is 10.3 Å². The van der Waals surface area contributed by atoms with E-state index in [1.54, 1.807) is 0 Å². The molecule has 4 aromatic rings. The number of hydrogen-bond donors (Lipinski definition) is 2. The number of anilines is 2. The van der Waals surface area contributed by atoms with Gasteiger partial charge in [-0.25, -0.2) is 15.0 Å². The first-order valence-corrected chi connectivity index (χ1v) is 12.3. The zero-order chi connectivity index (χ0) is 22.7. The highest BCUT2D eigenvalue weighted by Gasteiger charge is 2.34. The zero-order valence-corrected chi connectivity index (χ0v) is 19.8. The average Bonchev–Trinajstić information content (AvgIpc) is 3.27. The van der Waals surface area contributed by atoms with Crippen molar-refractivity contribution in [1.29, 1.82) is 0 Å². The van der Waals surface area contributed by atoms with Crippen LogP contribution >= 0.6 is 22.7 Å². The topological polar surface area (TPSA) is 106 Å². The summed E-state index contributed by atoms with van der Waals surface area (Å²) < 4.78 is 6.03. The number of nitrogen functional groups attached to an aromatic ring is 1. The maximum absolute atomic E-state index is 12.6. The van der Waals surface area contributed by atoms with Crippen molar-refractivity contribution in [2.45, 2.75) is 32.4 Å². The van der Waals surface area contributed by atoms with E-state index in [4.69, 9.17) is 15.5 Å². The fourth-order valence-corrected chi connectivity index (χ4v) is 5.99. The number of ether oxygens (including phenoxy) is 1. The van der Waals surface area contributed by atoms with E-state index in [2.05, 4.69) is 26.3 Å². The molecule has 3 N–H and O–H groups in total. The van der Waals surface area contributed by atoms with Crippen molar-refractivity contribution in [2.75, 3.05) is 23.8 Å². The minimum Gasteiger partial charge on any atom is -0.491 e. The number of thiazole rings is 2. The maximum Gasteiger partial charge on any atom is 0.263 e. The Kier molecular flexibility index (Phi) is 4.56. The van der Waals surface area contributed by atoms with E-state index in [0.717, 1.165) is 50.0 Å². The molecular weight excluding hydrogens is 456 g/mol.